The molecule has 1 aliphatic rings. The third-order valence-corrected chi connectivity index (χ3v) is 1.21. The molecule has 0 atom stereocenters. The number of carbonyl (C=O) groups is 2. The number of carboxylic acid groups (broad SMARTS) is 2. The minimum atomic E-state index is -1.26. The highest BCUT2D eigenvalue weighted by molar-refractivity contribution is 5.89. The lowest BCUT2D eigenvalue weighted by atomic mass is 10.5. The van der Waals surface area contributed by atoms with E-state index in [-0.39, 0.29) is 0 Å². The van der Waals surface area contributed by atoms with Crippen LogP contribution < -0.4 is 5.32 Å². The van der Waals surface area contributed by atoms with E-state index in [4.69, 9.17) is 14.9 Å². The van der Waals surface area contributed by atoms with E-state index in [1.807, 2.05) is 0 Å². The number of hydrogen-bond donors (Lipinski definition) is 3. The second-order valence-corrected chi connectivity index (χ2v) is 2.37. The van der Waals surface area contributed by atoms with Gasteiger partial charge in [0, 0.05) is 25.2 Å². The molecule has 0 aromatic heterocycles. The van der Waals surface area contributed by atoms with Crippen LogP contribution in [-0.4, -0.2) is 48.5 Å². The van der Waals surface area contributed by atoms with Crippen molar-refractivity contribution >= 4 is 11.9 Å². The van der Waals surface area contributed by atoms with Gasteiger partial charge in [0.15, 0.2) is 0 Å². The summed E-state index contributed by atoms with van der Waals surface area (Å²) in [4.78, 5) is 19.1. The molecule has 1 saturated heterocycles. The molecule has 0 radical (unpaired) electrons. The van der Waals surface area contributed by atoms with Gasteiger partial charge in [0.25, 0.3) is 0 Å². The second-order valence-electron chi connectivity index (χ2n) is 2.37. The van der Waals surface area contributed by atoms with Crippen molar-refractivity contribution in [1.29, 1.82) is 0 Å². The van der Waals surface area contributed by atoms with Crippen LogP contribution in [0, 0.1) is 0 Å². The van der Waals surface area contributed by atoms with E-state index in [1.165, 1.54) is 0 Å². The van der Waals surface area contributed by atoms with Gasteiger partial charge in [-0.15, -0.1) is 0 Å². The van der Waals surface area contributed by atoms with Gasteiger partial charge in [-0.3, -0.25) is 0 Å². The maximum atomic E-state index is 9.55. The molecule has 0 saturated carbocycles. The molecule has 1 heterocycles. The maximum Gasteiger partial charge on any atom is 0.328 e. The highest BCUT2D eigenvalue weighted by atomic mass is 16.5. The minimum absolute atomic E-state index is 0.558. The Labute approximate surface area is 81.2 Å². The van der Waals surface area contributed by atoms with Gasteiger partial charge in [-0.05, 0) is 0 Å². The lowest BCUT2D eigenvalue weighted by Crippen LogP contribution is -2.30. The van der Waals surface area contributed by atoms with Crippen LogP contribution in [0.3, 0.4) is 0 Å². The number of aliphatic carboxylic acids is 2. The Bertz CT molecular complexity index is 182. The summed E-state index contributed by atoms with van der Waals surface area (Å²) in [7, 11) is 0. The Kier molecular flexibility index (Phi) is 7.39. The van der Waals surface area contributed by atoms with Crippen LogP contribution in [0.5, 0.6) is 0 Å². The first-order chi connectivity index (χ1) is 6.63. The molecular weight excluding hydrogens is 190 g/mol. The zero-order chi connectivity index (χ0) is 10.8. The smallest absolute Gasteiger partial charge is 0.328 e. The summed E-state index contributed by atoms with van der Waals surface area (Å²) in [6.45, 7) is 3.83. The van der Waals surface area contributed by atoms with E-state index < -0.39 is 11.9 Å². The normalized spacial score (nSPS) is 15.7. The van der Waals surface area contributed by atoms with E-state index in [0.717, 1.165) is 26.3 Å². The van der Waals surface area contributed by atoms with E-state index >= 15 is 0 Å². The van der Waals surface area contributed by atoms with Crippen molar-refractivity contribution in [2.24, 2.45) is 0 Å². The molecule has 1 fully saturated rings. The van der Waals surface area contributed by atoms with Gasteiger partial charge in [-0.25, -0.2) is 9.59 Å². The number of hydrogen-bond acceptors (Lipinski definition) is 4. The fourth-order valence-electron chi connectivity index (χ4n) is 0.658. The Morgan fingerprint density at radius 2 is 1.50 bits per heavy atom. The number of carboxylic acids is 2. The SMILES string of the molecule is C1COCCN1.O=C(O)/C=C/C(=O)O. The molecule has 6 heteroatoms. The molecule has 0 aliphatic carbocycles. The molecule has 3 N–H and O–H groups in total. The first-order valence-corrected chi connectivity index (χ1v) is 4.05. The zero-order valence-electron chi connectivity index (χ0n) is 7.60. The third kappa shape index (κ3) is 10.6. The quantitative estimate of drug-likeness (QED) is 0.514. The predicted octanol–water partition coefficient (Wildman–Crippen LogP) is -0.682. The lowest BCUT2D eigenvalue weighted by Gasteiger charge is -2.10. The topological polar surface area (TPSA) is 95.9 Å². The fraction of sp³-hybridized carbons (Fsp3) is 0.500. The number of rotatable bonds is 2. The van der Waals surface area contributed by atoms with E-state index in [2.05, 4.69) is 5.32 Å². The number of nitrogens with one attached hydrogen (secondary N) is 1. The van der Waals surface area contributed by atoms with E-state index in [0.29, 0.717) is 12.2 Å². The van der Waals surface area contributed by atoms with Crippen molar-refractivity contribution in [3.63, 3.8) is 0 Å². The Morgan fingerprint density at radius 3 is 1.64 bits per heavy atom. The first kappa shape index (κ1) is 12.6. The monoisotopic (exact) mass is 203 g/mol. The van der Waals surface area contributed by atoms with Crippen LogP contribution in [-0.2, 0) is 14.3 Å². The molecule has 0 aromatic carbocycles. The molecule has 0 bridgehead atoms. The predicted molar refractivity (Wildman–Crippen MR) is 48.1 cm³/mol. The summed E-state index contributed by atoms with van der Waals surface area (Å²) in [5, 5.41) is 18.8. The van der Waals surface area contributed by atoms with Gasteiger partial charge in [0.2, 0.25) is 0 Å². The van der Waals surface area contributed by atoms with Gasteiger partial charge >= 0.3 is 11.9 Å². The van der Waals surface area contributed by atoms with Crippen molar-refractivity contribution < 1.29 is 24.5 Å². The summed E-state index contributed by atoms with van der Waals surface area (Å²) < 4.78 is 5.01. The van der Waals surface area contributed by atoms with Crippen molar-refractivity contribution in [3.05, 3.63) is 12.2 Å². The van der Waals surface area contributed by atoms with Crippen molar-refractivity contribution in [3.8, 4) is 0 Å². The second kappa shape index (κ2) is 8.21. The van der Waals surface area contributed by atoms with Crippen molar-refractivity contribution in [2.75, 3.05) is 26.3 Å². The Hall–Kier alpha value is -1.40. The molecule has 0 spiro atoms. The molecule has 14 heavy (non-hydrogen) atoms. The van der Waals surface area contributed by atoms with Gasteiger partial charge in [-0.2, -0.15) is 0 Å². The molecule has 1 aliphatic heterocycles. The van der Waals surface area contributed by atoms with E-state index in [1.54, 1.807) is 0 Å². The molecule has 0 amide bonds. The van der Waals surface area contributed by atoms with Gasteiger partial charge < -0.3 is 20.3 Å². The average Bonchev–Trinajstić information content (AvgIpc) is 2.18. The van der Waals surface area contributed by atoms with Crippen LogP contribution in [0.25, 0.3) is 0 Å². The molecule has 0 unspecified atom stereocenters. The van der Waals surface area contributed by atoms with Gasteiger partial charge in [0.1, 0.15) is 0 Å². The largest absolute Gasteiger partial charge is 0.478 e. The van der Waals surface area contributed by atoms with E-state index in [9.17, 15) is 9.59 Å². The van der Waals surface area contributed by atoms with Crippen LogP contribution in [0.4, 0.5) is 0 Å². The summed E-state index contributed by atoms with van der Waals surface area (Å²) in [5.74, 6) is -2.51. The average molecular weight is 203 g/mol. The summed E-state index contributed by atoms with van der Waals surface area (Å²) in [6, 6.07) is 0. The van der Waals surface area contributed by atoms with Crippen molar-refractivity contribution in [1.82, 2.24) is 5.32 Å². The lowest BCUT2D eigenvalue weighted by molar-refractivity contribution is -0.134. The Balaban J connectivity index is 0.000000249. The zero-order valence-corrected chi connectivity index (χ0v) is 7.60. The summed E-state index contributed by atoms with van der Waals surface area (Å²) in [5.41, 5.74) is 0. The standard InChI is InChI=1S/C4H9NO.C4H4O4/c1-3-6-4-2-5-1;5-3(6)1-2-4(7)8/h5H,1-4H2;1-2H,(H,5,6)(H,7,8)/b;2-1+. The highest BCUT2D eigenvalue weighted by Crippen LogP contribution is 1.76. The Morgan fingerprint density at radius 1 is 1.07 bits per heavy atom. The minimum Gasteiger partial charge on any atom is -0.478 e. The highest BCUT2D eigenvalue weighted by Gasteiger charge is 1.93. The number of morpholine rings is 1. The van der Waals surface area contributed by atoms with Crippen LogP contribution in [0.1, 0.15) is 0 Å². The maximum absolute atomic E-state index is 9.55. The molecule has 80 valence electrons. The molecular formula is C8H13NO5. The third-order valence-electron chi connectivity index (χ3n) is 1.21. The van der Waals surface area contributed by atoms with Crippen LogP contribution in [0.15, 0.2) is 12.2 Å². The molecule has 6 nitrogen and oxygen atoms in total. The summed E-state index contributed by atoms with van der Waals surface area (Å²) in [6.07, 6.45) is 1.12. The van der Waals surface area contributed by atoms with Gasteiger partial charge in [0.05, 0.1) is 13.2 Å². The summed E-state index contributed by atoms with van der Waals surface area (Å²) >= 11 is 0. The number of ether oxygens (including phenoxy) is 1. The van der Waals surface area contributed by atoms with Crippen molar-refractivity contribution in [2.45, 2.75) is 0 Å². The van der Waals surface area contributed by atoms with Gasteiger partial charge in [-0.1, -0.05) is 0 Å². The molecule has 1 rings (SSSR count). The first-order valence-electron chi connectivity index (χ1n) is 4.05. The molecule has 0 aromatic rings. The fourth-order valence-corrected chi connectivity index (χ4v) is 0.658. The van der Waals surface area contributed by atoms with Crippen LogP contribution in [0.2, 0.25) is 0 Å². The van der Waals surface area contributed by atoms with Crippen LogP contribution >= 0.6 is 0 Å².